The first-order valence-electron chi connectivity index (χ1n) is 7.98. The number of aromatic nitrogens is 3. The van der Waals surface area contributed by atoms with E-state index in [-0.39, 0.29) is 5.82 Å². The first kappa shape index (κ1) is 16.7. The van der Waals surface area contributed by atoms with Crippen LogP contribution < -0.4 is 0 Å². The molecule has 4 nitrogen and oxygen atoms in total. The van der Waals surface area contributed by atoms with Crippen molar-refractivity contribution in [3.63, 3.8) is 0 Å². The molecule has 0 saturated heterocycles. The minimum atomic E-state index is -0.249. The molecule has 0 radical (unpaired) electrons. The topological polar surface area (TPSA) is 43.9 Å². The van der Waals surface area contributed by atoms with Crippen molar-refractivity contribution in [2.75, 3.05) is 0 Å². The molecule has 0 aliphatic heterocycles. The summed E-state index contributed by atoms with van der Waals surface area (Å²) >= 11 is 6.22. The number of aryl methyl sites for hydroxylation is 3. The van der Waals surface area contributed by atoms with Crippen LogP contribution in [0.4, 0.5) is 4.39 Å². The Morgan fingerprint density at radius 3 is 2.71 bits per heavy atom. The molecule has 0 unspecified atom stereocenters. The molecule has 3 rings (SSSR count). The SMILES string of the molecule is CCc1cc(F)ccc1-c1oc(C)nc1Cc1cn(CC)nc1Cl. The summed E-state index contributed by atoms with van der Waals surface area (Å²) in [6.45, 7) is 6.55. The zero-order valence-corrected chi connectivity index (χ0v) is 14.7. The largest absolute Gasteiger partial charge is 0.441 e. The van der Waals surface area contributed by atoms with Gasteiger partial charge in [0.1, 0.15) is 5.82 Å². The number of rotatable bonds is 5. The van der Waals surface area contributed by atoms with Gasteiger partial charge in [0.25, 0.3) is 0 Å². The minimum Gasteiger partial charge on any atom is -0.441 e. The summed E-state index contributed by atoms with van der Waals surface area (Å²) in [4.78, 5) is 4.50. The molecule has 3 aromatic rings. The van der Waals surface area contributed by atoms with Gasteiger partial charge in [-0.2, -0.15) is 5.10 Å². The van der Waals surface area contributed by atoms with Gasteiger partial charge in [-0.05, 0) is 37.1 Å². The molecule has 0 N–H and O–H groups in total. The van der Waals surface area contributed by atoms with Crippen LogP contribution in [0.25, 0.3) is 11.3 Å². The molecule has 2 heterocycles. The van der Waals surface area contributed by atoms with Crippen LogP contribution in [0.1, 0.15) is 36.6 Å². The van der Waals surface area contributed by atoms with E-state index in [9.17, 15) is 4.39 Å². The van der Waals surface area contributed by atoms with Gasteiger partial charge in [-0.25, -0.2) is 9.37 Å². The number of hydrogen-bond acceptors (Lipinski definition) is 3. The summed E-state index contributed by atoms with van der Waals surface area (Å²) in [5.74, 6) is 0.996. The highest BCUT2D eigenvalue weighted by Gasteiger charge is 2.19. The summed E-state index contributed by atoms with van der Waals surface area (Å²) in [5.41, 5.74) is 3.44. The van der Waals surface area contributed by atoms with E-state index in [0.29, 0.717) is 29.6 Å². The second-order valence-electron chi connectivity index (χ2n) is 5.64. The molecule has 0 atom stereocenters. The van der Waals surface area contributed by atoms with Crippen LogP contribution in [0.5, 0.6) is 0 Å². The zero-order valence-electron chi connectivity index (χ0n) is 13.9. The van der Waals surface area contributed by atoms with Gasteiger partial charge in [0.2, 0.25) is 0 Å². The fourth-order valence-corrected chi connectivity index (χ4v) is 2.99. The standard InChI is InChI=1S/C18H19ClFN3O/c1-4-12-8-14(20)6-7-15(12)17-16(21-11(3)24-17)9-13-10-23(5-2)22-18(13)19/h6-8,10H,4-5,9H2,1-3H3. The van der Waals surface area contributed by atoms with E-state index in [1.807, 2.05) is 20.0 Å². The lowest BCUT2D eigenvalue weighted by Gasteiger charge is -2.07. The fraction of sp³-hybridized carbons (Fsp3) is 0.333. The van der Waals surface area contributed by atoms with Crippen molar-refractivity contribution in [2.45, 2.75) is 40.2 Å². The molecular weight excluding hydrogens is 329 g/mol. The predicted molar refractivity (Wildman–Crippen MR) is 91.7 cm³/mol. The summed E-state index contributed by atoms with van der Waals surface area (Å²) < 4.78 is 21.1. The Labute approximate surface area is 145 Å². The molecule has 0 spiro atoms. The first-order chi connectivity index (χ1) is 11.5. The molecule has 2 aromatic heterocycles. The Morgan fingerprint density at radius 1 is 1.25 bits per heavy atom. The third-order valence-electron chi connectivity index (χ3n) is 3.97. The molecule has 0 bridgehead atoms. The van der Waals surface area contributed by atoms with E-state index in [0.717, 1.165) is 28.9 Å². The van der Waals surface area contributed by atoms with Gasteiger partial charge in [-0.1, -0.05) is 18.5 Å². The van der Waals surface area contributed by atoms with Crippen molar-refractivity contribution in [2.24, 2.45) is 0 Å². The maximum absolute atomic E-state index is 13.5. The third kappa shape index (κ3) is 3.22. The molecule has 1 aromatic carbocycles. The van der Waals surface area contributed by atoms with E-state index in [4.69, 9.17) is 16.0 Å². The molecule has 6 heteroatoms. The highest BCUT2D eigenvalue weighted by molar-refractivity contribution is 6.30. The number of oxazole rings is 1. The van der Waals surface area contributed by atoms with Crippen molar-refractivity contribution in [1.82, 2.24) is 14.8 Å². The van der Waals surface area contributed by atoms with E-state index in [2.05, 4.69) is 10.1 Å². The van der Waals surface area contributed by atoms with Gasteiger partial charge in [0.15, 0.2) is 16.8 Å². The molecule has 0 amide bonds. The van der Waals surface area contributed by atoms with Crippen molar-refractivity contribution in [3.8, 4) is 11.3 Å². The maximum Gasteiger partial charge on any atom is 0.192 e. The van der Waals surface area contributed by atoms with Gasteiger partial charge in [-0.15, -0.1) is 0 Å². The average molecular weight is 348 g/mol. The molecule has 24 heavy (non-hydrogen) atoms. The van der Waals surface area contributed by atoms with Crippen LogP contribution in [-0.4, -0.2) is 14.8 Å². The van der Waals surface area contributed by atoms with E-state index < -0.39 is 0 Å². The normalized spacial score (nSPS) is 11.2. The highest BCUT2D eigenvalue weighted by Crippen LogP contribution is 2.31. The predicted octanol–water partition coefficient (Wildman–Crippen LogP) is 4.81. The lowest BCUT2D eigenvalue weighted by molar-refractivity contribution is 0.533. The zero-order chi connectivity index (χ0) is 17.3. The van der Waals surface area contributed by atoms with E-state index in [1.165, 1.54) is 6.07 Å². The molecule has 0 saturated carbocycles. The summed E-state index contributed by atoms with van der Waals surface area (Å²) in [5, 5.41) is 4.72. The highest BCUT2D eigenvalue weighted by atomic mass is 35.5. The summed E-state index contributed by atoms with van der Waals surface area (Å²) in [6.07, 6.45) is 3.15. The van der Waals surface area contributed by atoms with Crippen LogP contribution in [-0.2, 0) is 19.4 Å². The first-order valence-corrected chi connectivity index (χ1v) is 8.36. The lowest BCUT2D eigenvalue weighted by Crippen LogP contribution is -1.95. The number of hydrogen-bond donors (Lipinski definition) is 0. The smallest absolute Gasteiger partial charge is 0.192 e. The van der Waals surface area contributed by atoms with Crippen LogP contribution in [0.2, 0.25) is 5.15 Å². The van der Waals surface area contributed by atoms with Crippen molar-refractivity contribution < 1.29 is 8.81 Å². The summed E-state index contributed by atoms with van der Waals surface area (Å²) in [7, 11) is 0. The Balaban J connectivity index is 2.03. The van der Waals surface area contributed by atoms with Gasteiger partial charge in [-0.3, -0.25) is 4.68 Å². The summed E-state index contributed by atoms with van der Waals surface area (Å²) in [6, 6.07) is 4.73. The quantitative estimate of drug-likeness (QED) is 0.665. The maximum atomic E-state index is 13.5. The van der Waals surface area contributed by atoms with Crippen LogP contribution in [0, 0.1) is 12.7 Å². The Bertz CT molecular complexity index is 869. The number of benzene rings is 1. The monoisotopic (exact) mass is 347 g/mol. The van der Waals surface area contributed by atoms with Crippen LogP contribution >= 0.6 is 11.6 Å². The van der Waals surface area contributed by atoms with Crippen molar-refractivity contribution in [1.29, 1.82) is 0 Å². The molecule has 126 valence electrons. The van der Waals surface area contributed by atoms with E-state index in [1.54, 1.807) is 23.7 Å². The van der Waals surface area contributed by atoms with E-state index >= 15 is 0 Å². The van der Waals surface area contributed by atoms with Crippen molar-refractivity contribution in [3.05, 3.63) is 58.1 Å². The second kappa shape index (κ2) is 6.77. The molecular formula is C18H19ClFN3O. The van der Waals surface area contributed by atoms with Gasteiger partial charge >= 0.3 is 0 Å². The van der Waals surface area contributed by atoms with Gasteiger partial charge in [0.05, 0.1) is 5.69 Å². The Kier molecular flexibility index (Phi) is 4.71. The van der Waals surface area contributed by atoms with Crippen LogP contribution in [0.3, 0.4) is 0 Å². The molecule has 0 aliphatic rings. The fourth-order valence-electron chi connectivity index (χ4n) is 2.78. The Morgan fingerprint density at radius 2 is 2.04 bits per heavy atom. The molecule has 0 aliphatic carbocycles. The molecule has 0 fully saturated rings. The minimum absolute atomic E-state index is 0.249. The van der Waals surface area contributed by atoms with Crippen molar-refractivity contribution >= 4 is 11.6 Å². The Hall–Kier alpha value is -2.14. The number of halogens is 2. The second-order valence-corrected chi connectivity index (χ2v) is 6.00. The van der Waals surface area contributed by atoms with Gasteiger partial charge in [0, 0.05) is 37.2 Å². The van der Waals surface area contributed by atoms with Gasteiger partial charge < -0.3 is 4.42 Å². The number of nitrogens with zero attached hydrogens (tertiary/aromatic N) is 3. The average Bonchev–Trinajstić information content (AvgIpc) is 3.10. The third-order valence-corrected chi connectivity index (χ3v) is 4.28. The van der Waals surface area contributed by atoms with Crippen LogP contribution in [0.15, 0.2) is 28.8 Å². The lowest BCUT2D eigenvalue weighted by atomic mass is 10.00.